The molecule has 1 aromatic carbocycles. The summed E-state index contributed by atoms with van der Waals surface area (Å²) in [5.74, 6) is -0.852. The van der Waals surface area contributed by atoms with Crippen molar-refractivity contribution >= 4 is 34.5 Å². The lowest BCUT2D eigenvalue weighted by atomic mass is 9.91. The van der Waals surface area contributed by atoms with Gasteiger partial charge in [0.25, 0.3) is 0 Å². The topological polar surface area (TPSA) is 34.1 Å². The minimum Gasteiger partial charge on any atom is -0.293 e. The summed E-state index contributed by atoms with van der Waals surface area (Å²) in [5, 5.41) is 2.42. The summed E-state index contributed by atoms with van der Waals surface area (Å²) < 4.78 is 0. The van der Waals surface area contributed by atoms with E-state index in [0.29, 0.717) is 21.9 Å². The minimum atomic E-state index is -0.611. The van der Waals surface area contributed by atoms with Gasteiger partial charge in [-0.3, -0.25) is 9.59 Å². The van der Waals surface area contributed by atoms with Crippen molar-refractivity contribution in [3.63, 3.8) is 0 Å². The Morgan fingerprint density at radius 1 is 1.16 bits per heavy atom. The van der Waals surface area contributed by atoms with Crippen molar-refractivity contribution in [2.45, 2.75) is 13.3 Å². The molecule has 1 unspecified atom stereocenters. The smallest absolute Gasteiger partial charge is 0.183 e. The second-order valence-corrected chi connectivity index (χ2v) is 5.56. The van der Waals surface area contributed by atoms with E-state index in [4.69, 9.17) is 11.6 Å². The monoisotopic (exact) mass is 292 g/mol. The van der Waals surface area contributed by atoms with Gasteiger partial charge >= 0.3 is 0 Å². The maximum atomic E-state index is 12.4. The van der Waals surface area contributed by atoms with Crippen molar-refractivity contribution < 1.29 is 9.59 Å². The molecule has 0 aliphatic rings. The largest absolute Gasteiger partial charge is 0.293 e. The number of carbonyl (C=O) groups excluding carboxylic acids is 2. The van der Waals surface area contributed by atoms with E-state index in [1.807, 2.05) is 18.4 Å². The predicted octanol–water partition coefficient (Wildman–Crippen LogP) is 4.49. The van der Waals surface area contributed by atoms with Gasteiger partial charge in [0.05, 0.1) is 10.8 Å². The second kappa shape index (κ2) is 6.13. The van der Waals surface area contributed by atoms with Crippen LogP contribution >= 0.6 is 22.9 Å². The van der Waals surface area contributed by atoms with E-state index in [1.54, 1.807) is 30.3 Å². The molecule has 0 aliphatic carbocycles. The molecular formula is C15H13ClO2S. The SMILES string of the molecule is CCC(C(=O)c1ccc(Cl)cc1)C(=O)c1cccs1. The van der Waals surface area contributed by atoms with Crippen LogP contribution in [0.3, 0.4) is 0 Å². The van der Waals surface area contributed by atoms with Gasteiger partial charge in [-0.2, -0.15) is 0 Å². The molecule has 1 atom stereocenters. The third-order valence-corrected chi connectivity index (χ3v) is 4.07. The standard InChI is InChI=1S/C15H13ClO2S/c1-2-12(15(18)13-4-3-9-19-13)14(17)10-5-7-11(16)8-6-10/h3-9,12H,2H2,1H3. The molecule has 2 nitrogen and oxygen atoms in total. The van der Waals surface area contributed by atoms with Gasteiger partial charge in [0.2, 0.25) is 0 Å². The first-order chi connectivity index (χ1) is 9.13. The van der Waals surface area contributed by atoms with E-state index in [0.717, 1.165) is 0 Å². The van der Waals surface area contributed by atoms with Crippen LogP contribution in [-0.4, -0.2) is 11.6 Å². The normalized spacial score (nSPS) is 12.1. The molecule has 0 fully saturated rings. The first-order valence-corrected chi connectivity index (χ1v) is 7.26. The highest BCUT2D eigenvalue weighted by atomic mass is 35.5. The Labute approximate surface area is 121 Å². The van der Waals surface area contributed by atoms with Crippen LogP contribution in [0.2, 0.25) is 5.02 Å². The number of carbonyl (C=O) groups is 2. The Kier molecular flexibility index (Phi) is 4.51. The fourth-order valence-corrected chi connectivity index (χ4v) is 2.74. The first kappa shape index (κ1) is 14.0. The van der Waals surface area contributed by atoms with Gasteiger partial charge in [-0.15, -0.1) is 11.3 Å². The average Bonchev–Trinajstić information content (AvgIpc) is 2.94. The van der Waals surface area contributed by atoms with Crippen LogP contribution < -0.4 is 0 Å². The zero-order valence-corrected chi connectivity index (χ0v) is 12.0. The number of ketones is 2. The van der Waals surface area contributed by atoms with E-state index < -0.39 is 5.92 Å². The maximum Gasteiger partial charge on any atom is 0.183 e. The number of halogens is 1. The third kappa shape index (κ3) is 3.11. The van der Waals surface area contributed by atoms with Gasteiger partial charge in [-0.1, -0.05) is 24.6 Å². The number of thiophene rings is 1. The van der Waals surface area contributed by atoms with Gasteiger partial charge in [-0.05, 0) is 42.1 Å². The lowest BCUT2D eigenvalue weighted by molar-refractivity contribution is 0.0806. The fourth-order valence-electron chi connectivity index (χ4n) is 1.90. The molecule has 0 N–H and O–H groups in total. The molecule has 4 heteroatoms. The first-order valence-electron chi connectivity index (χ1n) is 6.01. The van der Waals surface area contributed by atoms with Crippen molar-refractivity contribution in [1.82, 2.24) is 0 Å². The molecule has 0 spiro atoms. The van der Waals surface area contributed by atoms with Gasteiger partial charge in [0.1, 0.15) is 0 Å². The summed E-state index contributed by atoms with van der Waals surface area (Å²) in [4.78, 5) is 25.3. The summed E-state index contributed by atoms with van der Waals surface area (Å²) in [6.07, 6.45) is 0.498. The quantitative estimate of drug-likeness (QED) is 0.601. The molecule has 0 radical (unpaired) electrons. The van der Waals surface area contributed by atoms with Crippen LogP contribution in [0.1, 0.15) is 33.4 Å². The van der Waals surface area contributed by atoms with Crippen LogP contribution in [-0.2, 0) is 0 Å². The summed E-state index contributed by atoms with van der Waals surface area (Å²) in [7, 11) is 0. The Hall–Kier alpha value is -1.45. The van der Waals surface area contributed by atoms with Crippen LogP contribution in [0, 0.1) is 5.92 Å². The number of hydrogen-bond acceptors (Lipinski definition) is 3. The molecule has 0 saturated heterocycles. The molecule has 19 heavy (non-hydrogen) atoms. The van der Waals surface area contributed by atoms with Gasteiger partial charge < -0.3 is 0 Å². The van der Waals surface area contributed by atoms with Crippen molar-refractivity contribution in [2.24, 2.45) is 5.92 Å². The van der Waals surface area contributed by atoms with E-state index in [-0.39, 0.29) is 11.6 Å². The van der Waals surface area contributed by atoms with E-state index >= 15 is 0 Å². The lowest BCUT2D eigenvalue weighted by Gasteiger charge is -2.11. The Morgan fingerprint density at radius 2 is 1.84 bits per heavy atom. The Bertz CT molecular complexity index is 573. The highest BCUT2D eigenvalue weighted by molar-refractivity contribution is 7.12. The summed E-state index contributed by atoms with van der Waals surface area (Å²) >= 11 is 7.16. The Balaban J connectivity index is 2.24. The number of Topliss-reactive ketones (excluding diaryl/α,β-unsaturated/α-hetero) is 2. The van der Waals surface area contributed by atoms with E-state index in [9.17, 15) is 9.59 Å². The van der Waals surface area contributed by atoms with Crippen molar-refractivity contribution in [2.75, 3.05) is 0 Å². The van der Waals surface area contributed by atoms with Crippen LogP contribution in [0.4, 0.5) is 0 Å². The second-order valence-electron chi connectivity index (χ2n) is 4.17. The van der Waals surface area contributed by atoms with Crippen molar-refractivity contribution in [3.8, 4) is 0 Å². The average molecular weight is 293 g/mol. The predicted molar refractivity (Wildman–Crippen MR) is 78.2 cm³/mol. The fraction of sp³-hybridized carbons (Fsp3) is 0.200. The number of rotatable bonds is 5. The summed E-state index contributed by atoms with van der Waals surface area (Å²) in [6, 6.07) is 10.2. The van der Waals surface area contributed by atoms with Gasteiger partial charge in [-0.25, -0.2) is 0 Å². The zero-order valence-electron chi connectivity index (χ0n) is 10.4. The molecule has 0 bridgehead atoms. The van der Waals surface area contributed by atoms with E-state index in [1.165, 1.54) is 11.3 Å². The van der Waals surface area contributed by atoms with Crippen molar-refractivity contribution in [1.29, 1.82) is 0 Å². The lowest BCUT2D eigenvalue weighted by Crippen LogP contribution is -2.23. The zero-order chi connectivity index (χ0) is 13.8. The molecule has 2 rings (SSSR count). The molecule has 0 saturated carbocycles. The van der Waals surface area contributed by atoms with Gasteiger partial charge in [0, 0.05) is 10.6 Å². The molecule has 1 aromatic heterocycles. The van der Waals surface area contributed by atoms with Crippen LogP contribution in [0.25, 0.3) is 0 Å². The van der Waals surface area contributed by atoms with E-state index in [2.05, 4.69) is 0 Å². The Morgan fingerprint density at radius 3 is 2.37 bits per heavy atom. The molecule has 0 amide bonds. The summed E-state index contributed by atoms with van der Waals surface area (Å²) in [5.41, 5.74) is 0.529. The number of benzene rings is 1. The van der Waals surface area contributed by atoms with Gasteiger partial charge in [0.15, 0.2) is 11.6 Å². The number of hydrogen-bond donors (Lipinski definition) is 0. The highest BCUT2D eigenvalue weighted by Gasteiger charge is 2.27. The highest BCUT2D eigenvalue weighted by Crippen LogP contribution is 2.21. The minimum absolute atomic E-state index is 0.0996. The maximum absolute atomic E-state index is 12.4. The molecule has 1 heterocycles. The molecule has 0 aliphatic heterocycles. The van der Waals surface area contributed by atoms with Crippen molar-refractivity contribution in [3.05, 3.63) is 57.2 Å². The molecular weight excluding hydrogens is 280 g/mol. The molecule has 98 valence electrons. The van der Waals surface area contributed by atoms with Crippen LogP contribution in [0.5, 0.6) is 0 Å². The molecule has 2 aromatic rings. The third-order valence-electron chi connectivity index (χ3n) is 2.93. The summed E-state index contributed by atoms with van der Waals surface area (Å²) in [6.45, 7) is 1.85. The van der Waals surface area contributed by atoms with Crippen LogP contribution in [0.15, 0.2) is 41.8 Å².